The van der Waals surface area contributed by atoms with Gasteiger partial charge in [-0.1, -0.05) is 0 Å². The number of hydrogen-bond donors (Lipinski definition) is 6. The first-order valence-corrected chi connectivity index (χ1v) is 13.0. The number of phenols is 1. The lowest BCUT2D eigenvalue weighted by Gasteiger charge is -2.50. The lowest BCUT2D eigenvalue weighted by atomic mass is 9.57. The first-order chi connectivity index (χ1) is 18.8. The third-order valence-corrected chi connectivity index (χ3v) is 8.51. The molecular formula is C27H31FN4O8. The highest BCUT2D eigenvalue weighted by Crippen LogP contribution is 2.53. The summed E-state index contributed by atoms with van der Waals surface area (Å²) in [7, 11) is 2.98. The van der Waals surface area contributed by atoms with Gasteiger partial charge in [0.2, 0.25) is 11.7 Å². The van der Waals surface area contributed by atoms with E-state index in [4.69, 9.17) is 5.73 Å². The molecule has 3 aliphatic carbocycles. The summed E-state index contributed by atoms with van der Waals surface area (Å²) in [6.07, 6.45) is 1.56. The van der Waals surface area contributed by atoms with Crippen LogP contribution in [0.2, 0.25) is 0 Å². The number of aromatic hydroxyl groups is 1. The van der Waals surface area contributed by atoms with E-state index < -0.39 is 86.7 Å². The van der Waals surface area contributed by atoms with Crippen LogP contribution in [-0.4, -0.2) is 99.0 Å². The van der Waals surface area contributed by atoms with Gasteiger partial charge in [0.05, 0.1) is 23.8 Å². The molecule has 0 aromatic heterocycles. The highest BCUT2D eigenvalue weighted by molar-refractivity contribution is 6.24. The van der Waals surface area contributed by atoms with Crippen molar-refractivity contribution in [3.05, 3.63) is 39.9 Å². The number of carbonyl (C=O) groups is 4. The molecular weight excluding hydrogens is 527 g/mol. The van der Waals surface area contributed by atoms with Crippen molar-refractivity contribution in [3.63, 3.8) is 0 Å². The van der Waals surface area contributed by atoms with Crippen molar-refractivity contribution >= 4 is 34.8 Å². The minimum Gasteiger partial charge on any atom is -0.508 e. The Balaban J connectivity index is 1.60. The number of amides is 2. The summed E-state index contributed by atoms with van der Waals surface area (Å²) < 4.78 is 15.4. The maximum atomic E-state index is 15.4. The Hall–Kier alpha value is -3.81. The number of anilines is 1. The fourth-order valence-electron chi connectivity index (χ4n) is 6.69. The maximum absolute atomic E-state index is 15.4. The van der Waals surface area contributed by atoms with E-state index in [2.05, 4.69) is 5.32 Å². The fraction of sp³-hybridized carbons (Fsp3) is 0.481. The van der Waals surface area contributed by atoms with Gasteiger partial charge in [0.25, 0.3) is 5.91 Å². The normalized spacial score (nSPS) is 28.5. The van der Waals surface area contributed by atoms with Crippen LogP contribution in [0.4, 0.5) is 10.1 Å². The van der Waals surface area contributed by atoms with Crippen LogP contribution in [0.15, 0.2) is 23.0 Å². The number of primary amides is 1. The number of nitrogens with one attached hydrogen (secondary N) is 1. The molecule has 0 unspecified atom stereocenters. The Morgan fingerprint density at radius 2 is 1.85 bits per heavy atom. The summed E-state index contributed by atoms with van der Waals surface area (Å²) in [6.45, 7) is 1.49. The molecule has 1 aromatic carbocycles. The number of benzene rings is 1. The largest absolute Gasteiger partial charge is 0.508 e. The van der Waals surface area contributed by atoms with Gasteiger partial charge >= 0.3 is 0 Å². The van der Waals surface area contributed by atoms with Crippen LogP contribution in [0, 0.1) is 17.7 Å². The molecule has 214 valence electrons. The Labute approximate surface area is 228 Å². The molecule has 4 aliphatic rings. The molecule has 13 heteroatoms. The van der Waals surface area contributed by atoms with Crippen molar-refractivity contribution in [2.75, 3.05) is 39.0 Å². The summed E-state index contributed by atoms with van der Waals surface area (Å²) in [5.74, 6) is -9.61. The number of fused-ring (bicyclic) bond motifs is 3. The van der Waals surface area contributed by atoms with Crippen molar-refractivity contribution < 1.29 is 44.0 Å². The second-order valence-electron chi connectivity index (χ2n) is 11.1. The zero-order valence-electron chi connectivity index (χ0n) is 22.0. The average molecular weight is 559 g/mol. The number of ketones is 2. The third kappa shape index (κ3) is 3.99. The number of carbonyl (C=O) groups excluding carboxylic acids is 4. The van der Waals surface area contributed by atoms with Crippen LogP contribution < -0.4 is 11.1 Å². The van der Waals surface area contributed by atoms with Crippen LogP contribution in [0.5, 0.6) is 5.75 Å². The number of likely N-dealkylation sites (N-methyl/N-ethyl adjacent to an activating group) is 1. The molecule has 4 atom stereocenters. The number of nitrogens with zero attached hydrogens (tertiary/aromatic N) is 2. The van der Waals surface area contributed by atoms with Crippen LogP contribution in [0.25, 0.3) is 5.76 Å². The minimum absolute atomic E-state index is 0.0275. The number of hydrogen-bond acceptors (Lipinski definition) is 10. The second kappa shape index (κ2) is 9.68. The summed E-state index contributed by atoms with van der Waals surface area (Å²) in [6, 6.07) is -0.292. The molecule has 1 aliphatic heterocycles. The van der Waals surface area contributed by atoms with E-state index in [1.807, 2.05) is 4.90 Å². The lowest BCUT2D eigenvalue weighted by Crippen LogP contribution is -2.65. The van der Waals surface area contributed by atoms with Gasteiger partial charge in [-0.25, -0.2) is 4.39 Å². The van der Waals surface area contributed by atoms with E-state index in [1.165, 1.54) is 19.0 Å². The third-order valence-electron chi connectivity index (χ3n) is 8.51. The predicted octanol–water partition coefficient (Wildman–Crippen LogP) is 0.137. The summed E-state index contributed by atoms with van der Waals surface area (Å²) in [5, 5.41) is 47.2. The first-order valence-electron chi connectivity index (χ1n) is 13.0. The molecule has 1 heterocycles. The number of likely N-dealkylation sites (tertiary alicyclic amines) is 1. The quantitative estimate of drug-likeness (QED) is 0.214. The van der Waals surface area contributed by atoms with Gasteiger partial charge in [0, 0.05) is 23.1 Å². The summed E-state index contributed by atoms with van der Waals surface area (Å²) in [5.41, 5.74) is 0.362. The number of aliphatic hydroxyl groups excluding tert-OH is 2. The van der Waals surface area contributed by atoms with Crippen LogP contribution >= 0.6 is 0 Å². The zero-order chi connectivity index (χ0) is 29.3. The van der Waals surface area contributed by atoms with E-state index in [0.717, 1.165) is 32.0 Å². The van der Waals surface area contributed by atoms with Gasteiger partial charge in [-0.3, -0.25) is 29.0 Å². The van der Waals surface area contributed by atoms with E-state index >= 15 is 4.39 Å². The molecule has 12 nitrogen and oxygen atoms in total. The van der Waals surface area contributed by atoms with E-state index in [9.17, 15) is 39.6 Å². The highest BCUT2D eigenvalue weighted by atomic mass is 19.1. The summed E-state index contributed by atoms with van der Waals surface area (Å²) >= 11 is 0. The molecule has 5 rings (SSSR count). The Bertz CT molecular complexity index is 1410. The standard InChI is InChI=1S/C27H31FN4O8/c1-31(2)20-13-8-11-7-12-14(28)9-15(30-16(33)10-32-5-3-4-6-32)21(34)18(12)22(35)17(11)24(37)27(13,40)25(38)19(23(20)36)26(29)39/h9,11,13,20,34-35,38,40H,3-8,10H2,1-2H3,(H2,29,39)(H,30,33)/t11-,13-,20+,27-/m0/s1. The molecule has 0 radical (unpaired) electrons. The van der Waals surface area contributed by atoms with Gasteiger partial charge in [0.15, 0.2) is 17.1 Å². The second-order valence-corrected chi connectivity index (χ2v) is 11.1. The lowest BCUT2D eigenvalue weighted by molar-refractivity contribution is -0.153. The number of rotatable bonds is 5. The topological polar surface area (TPSA) is 194 Å². The molecule has 1 saturated heterocycles. The SMILES string of the molecule is CN(C)[C@H]1C(=O)C(C(N)=O)=C(O)[C@@]2(O)C(=O)C3=C(O)c4c(O)c(NC(=O)CN5CCCC5)cc(F)c4C[C@H]3C[C@@H]12. The number of nitrogens with two attached hydrogens (primary N) is 1. The van der Waals surface area contributed by atoms with E-state index in [0.29, 0.717) is 0 Å². The molecule has 1 aromatic rings. The minimum atomic E-state index is -2.79. The van der Waals surface area contributed by atoms with Crippen molar-refractivity contribution in [2.24, 2.45) is 17.6 Å². The summed E-state index contributed by atoms with van der Waals surface area (Å²) in [4.78, 5) is 54.8. The number of aliphatic hydroxyl groups is 3. The van der Waals surface area contributed by atoms with Crippen LogP contribution in [0.1, 0.15) is 30.4 Å². The van der Waals surface area contributed by atoms with Crippen LogP contribution in [0.3, 0.4) is 0 Å². The Kier molecular flexibility index (Phi) is 6.71. The van der Waals surface area contributed by atoms with E-state index in [1.54, 1.807) is 0 Å². The van der Waals surface area contributed by atoms with E-state index in [-0.39, 0.29) is 30.6 Å². The van der Waals surface area contributed by atoms with Gasteiger partial charge in [0.1, 0.15) is 22.9 Å². The van der Waals surface area contributed by atoms with Crippen molar-refractivity contribution in [1.82, 2.24) is 9.80 Å². The monoisotopic (exact) mass is 558 g/mol. The predicted molar refractivity (Wildman–Crippen MR) is 139 cm³/mol. The highest BCUT2D eigenvalue weighted by Gasteiger charge is 2.64. The molecule has 1 saturated carbocycles. The molecule has 2 fully saturated rings. The molecule has 2 amide bonds. The zero-order valence-corrected chi connectivity index (χ0v) is 22.0. The molecule has 0 spiro atoms. The number of halogens is 1. The first kappa shape index (κ1) is 27.7. The molecule has 0 bridgehead atoms. The Morgan fingerprint density at radius 3 is 2.45 bits per heavy atom. The van der Waals surface area contributed by atoms with Crippen molar-refractivity contribution in [3.8, 4) is 5.75 Å². The smallest absolute Gasteiger partial charge is 0.255 e. The van der Waals surface area contributed by atoms with Crippen molar-refractivity contribution in [1.29, 1.82) is 0 Å². The average Bonchev–Trinajstić information content (AvgIpc) is 3.37. The van der Waals surface area contributed by atoms with Gasteiger partial charge < -0.3 is 31.5 Å². The molecule has 40 heavy (non-hydrogen) atoms. The van der Waals surface area contributed by atoms with Gasteiger partial charge in [-0.2, -0.15) is 0 Å². The van der Waals surface area contributed by atoms with Crippen LogP contribution in [-0.2, 0) is 25.6 Å². The molecule has 7 N–H and O–H groups in total. The number of phenolic OH excluding ortho intramolecular Hbond substituents is 1. The maximum Gasteiger partial charge on any atom is 0.255 e. The van der Waals surface area contributed by atoms with Crippen molar-refractivity contribution in [2.45, 2.75) is 37.3 Å². The number of Topliss-reactive ketones (excluding diaryl/α,β-unsaturated/α-hetero) is 2. The fourth-order valence-corrected chi connectivity index (χ4v) is 6.69. The van der Waals surface area contributed by atoms with Gasteiger partial charge in [-0.15, -0.1) is 0 Å². The van der Waals surface area contributed by atoms with Gasteiger partial charge in [-0.05, 0) is 58.8 Å². The Morgan fingerprint density at radius 1 is 1.20 bits per heavy atom.